The fourth-order valence-corrected chi connectivity index (χ4v) is 3.35. The maximum atomic E-state index is 5.51. The molecule has 3 aromatic rings. The molecule has 6 heteroatoms. The van der Waals surface area contributed by atoms with Crippen LogP contribution in [-0.2, 0) is 0 Å². The van der Waals surface area contributed by atoms with Crippen LogP contribution in [0.5, 0.6) is 5.75 Å². The zero-order chi connectivity index (χ0) is 17.6. The van der Waals surface area contributed by atoms with E-state index in [4.69, 9.17) is 9.84 Å². The summed E-state index contributed by atoms with van der Waals surface area (Å²) in [6.45, 7) is 4.67. The van der Waals surface area contributed by atoms with Gasteiger partial charge >= 0.3 is 0 Å². The number of rotatable bonds is 5. The lowest BCUT2D eigenvalue weighted by molar-refractivity contribution is 0.416. The molecule has 2 heterocycles. The number of aromatic nitrogens is 2. The molecule has 0 saturated heterocycles. The minimum atomic E-state index is 0.698. The van der Waals surface area contributed by atoms with Crippen molar-refractivity contribution in [3.63, 3.8) is 0 Å². The van der Waals surface area contributed by atoms with Gasteiger partial charge in [-0.25, -0.2) is 4.68 Å². The third-order valence-electron chi connectivity index (χ3n) is 3.65. The molecule has 5 nitrogen and oxygen atoms in total. The molecule has 0 bridgehead atoms. The van der Waals surface area contributed by atoms with E-state index >= 15 is 0 Å². The van der Waals surface area contributed by atoms with Gasteiger partial charge in [0.05, 0.1) is 24.2 Å². The van der Waals surface area contributed by atoms with E-state index in [2.05, 4.69) is 15.4 Å². The molecule has 1 aromatic carbocycles. The van der Waals surface area contributed by atoms with Crippen molar-refractivity contribution in [3.8, 4) is 17.0 Å². The molecule has 0 radical (unpaired) electrons. The Hall–Kier alpha value is -2.73. The van der Waals surface area contributed by atoms with Gasteiger partial charge in [-0.3, -0.25) is 9.98 Å². The topological polar surface area (TPSA) is 51.8 Å². The number of hydrogen-bond acceptors (Lipinski definition) is 5. The zero-order valence-electron chi connectivity index (χ0n) is 14.5. The van der Waals surface area contributed by atoms with Crippen LogP contribution < -0.4 is 9.54 Å². The Labute approximate surface area is 151 Å². The number of para-hydroxylation sites is 1. The minimum Gasteiger partial charge on any atom is -0.496 e. The monoisotopic (exact) mass is 352 g/mol. The van der Waals surface area contributed by atoms with Gasteiger partial charge in [0.15, 0.2) is 0 Å². The van der Waals surface area contributed by atoms with Crippen molar-refractivity contribution in [2.75, 3.05) is 13.7 Å². The number of nitrogens with zero attached hydrogens (tertiary/aromatic N) is 4. The van der Waals surface area contributed by atoms with Crippen LogP contribution in [0.2, 0.25) is 0 Å². The van der Waals surface area contributed by atoms with Crippen LogP contribution in [0.1, 0.15) is 19.5 Å². The predicted octanol–water partition coefficient (Wildman–Crippen LogP) is 3.81. The summed E-state index contributed by atoms with van der Waals surface area (Å²) in [5, 5.41) is 6.85. The van der Waals surface area contributed by atoms with Gasteiger partial charge in [-0.05, 0) is 38.1 Å². The highest BCUT2D eigenvalue weighted by Gasteiger charge is 2.12. The second-order valence-corrected chi connectivity index (χ2v) is 6.13. The van der Waals surface area contributed by atoms with Crippen LogP contribution >= 0.6 is 11.3 Å². The highest BCUT2D eigenvalue weighted by molar-refractivity contribution is 7.07. The molecule has 0 aliphatic carbocycles. The second kappa shape index (κ2) is 7.90. The Balaban J connectivity index is 2.18. The molecule has 0 unspecified atom stereocenters. The van der Waals surface area contributed by atoms with Gasteiger partial charge in [0.1, 0.15) is 5.75 Å². The summed E-state index contributed by atoms with van der Waals surface area (Å²) in [7, 11) is 1.68. The summed E-state index contributed by atoms with van der Waals surface area (Å²) in [6.07, 6.45) is 1.77. The highest BCUT2D eigenvalue weighted by Crippen LogP contribution is 2.30. The molecule has 0 amide bonds. The molecule has 128 valence electrons. The Morgan fingerprint density at radius 1 is 1.20 bits per heavy atom. The van der Waals surface area contributed by atoms with Gasteiger partial charge in [-0.2, -0.15) is 5.10 Å². The zero-order valence-corrected chi connectivity index (χ0v) is 15.3. The first-order valence-corrected chi connectivity index (χ1v) is 8.94. The first-order valence-electron chi connectivity index (χ1n) is 8.06. The average Bonchev–Trinajstić information content (AvgIpc) is 3.05. The number of pyridine rings is 1. The first kappa shape index (κ1) is 17.1. The van der Waals surface area contributed by atoms with E-state index in [1.165, 1.54) is 0 Å². The smallest absolute Gasteiger partial charge is 0.206 e. The summed E-state index contributed by atoms with van der Waals surface area (Å²) >= 11 is 1.57. The summed E-state index contributed by atoms with van der Waals surface area (Å²) < 4.78 is 7.38. The second-order valence-electron chi connectivity index (χ2n) is 5.29. The SMILES string of the molecule is CCN=c1scc(-c2ccccc2OC)n1N=C(C)c1ccccn1. The molecule has 0 fully saturated rings. The van der Waals surface area contributed by atoms with Crippen LogP contribution in [0.15, 0.2) is 64.1 Å². The Morgan fingerprint density at radius 2 is 2.00 bits per heavy atom. The Kier molecular flexibility index (Phi) is 5.40. The van der Waals surface area contributed by atoms with E-state index in [0.717, 1.165) is 33.2 Å². The van der Waals surface area contributed by atoms with E-state index < -0.39 is 0 Å². The van der Waals surface area contributed by atoms with Crippen LogP contribution in [0.4, 0.5) is 0 Å². The van der Waals surface area contributed by atoms with E-state index in [-0.39, 0.29) is 0 Å². The maximum Gasteiger partial charge on any atom is 0.206 e. The quantitative estimate of drug-likeness (QED) is 0.656. The Morgan fingerprint density at radius 3 is 2.72 bits per heavy atom. The summed E-state index contributed by atoms with van der Waals surface area (Å²) in [5.74, 6) is 0.808. The fourth-order valence-electron chi connectivity index (χ4n) is 2.46. The molecule has 0 N–H and O–H groups in total. The number of ether oxygens (including phenoxy) is 1. The molecule has 0 spiro atoms. The number of methoxy groups -OCH3 is 1. The largest absolute Gasteiger partial charge is 0.496 e. The van der Waals surface area contributed by atoms with Crippen LogP contribution in [0, 0.1) is 0 Å². The maximum absolute atomic E-state index is 5.51. The lowest BCUT2D eigenvalue weighted by atomic mass is 10.1. The van der Waals surface area contributed by atoms with Gasteiger partial charge < -0.3 is 4.74 Å². The van der Waals surface area contributed by atoms with E-state index in [1.807, 2.05) is 61.0 Å². The highest BCUT2D eigenvalue weighted by atomic mass is 32.1. The van der Waals surface area contributed by atoms with E-state index in [1.54, 1.807) is 24.6 Å². The average molecular weight is 352 g/mol. The van der Waals surface area contributed by atoms with Crippen molar-refractivity contribution in [2.24, 2.45) is 10.1 Å². The lowest BCUT2D eigenvalue weighted by Gasteiger charge is -2.09. The molecule has 0 aliphatic rings. The third kappa shape index (κ3) is 3.69. The van der Waals surface area contributed by atoms with Crippen LogP contribution in [-0.4, -0.2) is 29.0 Å². The number of benzene rings is 1. The molecule has 0 atom stereocenters. The minimum absolute atomic E-state index is 0.698. The van der Waals surface area contributed by atoms with Crippen molar-refractivity contribution in [2.45, 2.75) is 13.8 Å². The van der Waals surface area contributed by atoms with Gasteiger partial charge in [-0.15, -0.1) is 11.3 Å². The van der Waals surface area contributed by atoms with Crippen molar-refractivity contribution < 1.29 is 4.74 Å². The molecular weight excluding hydrogens is 332 g/mol. The van der Waals surface area contributed by atoms with E-state index in [0.29, 0.717) is 6.54 Å². The molecular formula is C19H20N4OS. The normalized spacial score (nSPS) is 12.4. The van der Waals surface area contributed by atoms with Gasteiger partial charge in [0.2, 0.25) is 4.80 Å². The molecule has 0 aliphatic heterocycles. The summed E-state index contributed by atoms with van der Waals surface area (Å²) in [6, 6.07) is 13.7. The molecule has 3 rings (SSSR count). The van der Waals surface area contributed by atoms with E-state index in [9.17, 15) is 0 Å². The lowest BCUT2D eigenvalue weighted by Crippen LogP contribution is -2.15. The summed E-state index contributed by atoms with van der Waals surface area (Å²) in [4.78, 5) is 9.79. The molecule has 2 aromatic heterocycles. The standard InChI is InChI=1S/C19H20N4OS/c1-4-20-19-23(22-14(2)16-10-7-8-12-21-16)17(13-25-19)15-9-5-6-11-18(15)24-3/h5-13H,4H2,1-3H3. The first-order chi connectivity index (χ1) is 12.2. The van der Waals surface area contributed by atoms with Gasteiger partial charge in [0, 0.05) is 23.7 Å². The predicted molar refractivity (Wildman–Crippen MR) is 102 cm³/mol. The molecule has 25 heavy (non-hydrogen) atoms. The number of hydrogen-bond donors (Lipinski definition) is 0. The Bertz CT molecular complexity index is 941. The van der Waals surface area contributed by atoms with Crippen LogP contribution in [0.25, 0.3) is 11.3 Å². The van der Waals surface area contributed by atoms with Gasteiger partial charge in [-0.1, -0.05) is 18.2 Å². The van der Waals surface area contributed by atoms with Crippen molar-refractivity contribution >= 4 is 17.0 Å². The summed E-state index contributed by atoms with van der Waals surface area (Å²) in [5.41, 5.74) is 3.60. The van der Waals surface area contributed by atoms with Gasteiger partial charge in [0.25, 0.3) is 0 Å². The fraction of sp³-hybridized carbons (Fsp3) is 0.211. The third-order valence-corrected chi connectivity index (χ3v) is 4.50. The van der Waals surface area contributed by atoms with Crippen molar-refractivity contribution in [1.82, 2.24) is 9.66 Å². The molecule has 0 saturated carbocycles. The van der Waals surface area contributed by atoms with Crippen LogP contribution in [0.3, 0.4) is 0 Å². The van der Waals surface area contributed by atoms with Crippen molar-refractivity contribution in [3.05, 3.63) is 64.5 Å². The number of thiazole rings is 1. The van der Waals surface area contributed by atoms with Crippen molar-refractivity contribution in [1.29, 1.82) is 0 Å².